The Morgan fingerprint density at radius 1 is 1.08 bits per heavy atom. The predicted molar refractivity (Wildman–Crippen MR) is 208 cm³/mol. The molecule has 7 nitrogen and oxygen atoms in total. The van der Waals surface area contributed by atoms with Crippen molar-refractivity contribution in [1.82, 2.24) is 4.57 Å². The average Bonchev–Trinajstić information content (AvgIpc) is 3.73. The van der Waals surface area contributed by atoms with E-state index in [4.69, 9.17) is 9.84 Å². The molecule has 0 amide bonds. The second-order valence-electron chi connectivity index (χ2n) is 17.6. The summed E-state index contributed by atoms with van der Waals surface area (Å²) < 4.78 is 8.86. The number of carbonyl (C=O) groups excluding carboxylic acids is 2. The minimum atomic E-state index is -0.898. The summed E-state index contributed by atoms with van der Waals surface area (Å²) >= 11 is 0. The Balaban J connectivity index is 0.000000414. The first kappa shape index (κ1) is 38.2. The van der Waals surface area contributed by atoms with Gasteiger partial charge in [0.1, 0.15) is 11.8 Å². The number of nitrogens with zero attached hydrogens (tertiary/aromatic N) is 1. The zero-order valence-electron chi connectivity index (χ0n) is 33.2. The van der Waals surface area contributed by atoms with Crippen molar-refractivity contribution in [2.75, 3.05) is 0 Å². The predicted octanol–water partition coefficient (Wildman–Crippen LogP) is 9.66. The van der Waals surface area contributed by atoms with Crippen molar-refractivity contribution < 1.29 is 29.3 Å². The van der Waals surface area contributed by atoms with E-state index in [9.17, 15) is 19.5 Å². The summed E-state index contributed by atoms with van der Waals surface area (Å²) in [5.41, 5.74) is 7.21. The van der Waals surface area contributed by atoms with Crippen molar-refractivity contribution in [2.45, 2.75) is 137 Å². The summed E-state index contributed by atoms with van der Waals surface area (Å²) in [7, 11) is 0. The molecule has 0 bridgehead atoms. The zero-order valence-corrected chi connectivity index (χ0v) is 33.2. The molecule has 280 valence electrons. The van der Waals surface area contributed by atoms with E-state index >= 15 is 0 Å². The summed E-state index contributed by atoms with van der Waals surface area (Å²) in [4.78, 5) is 37.5. The van der Waals surface area contributed by atoms with E-state index in [-0.39, 0.29) is 28.4 Å². The molecule has 8 atom stereocenters. The first-order valence-electron chi connectivity index (χ1n) is 19.3. The van der Waals surface area contributed by atoms with E-state index in [1.165, 1.54) is 35.7 Å². The molecule has 52 heavy (non-hydrogen) atoms. The fraction of sp³-hybridized carbons (Fsp3) is 0.578. The third-order valence-corrected chi connectivity index (χ3v) is 14.0. The Labute approximate surface area is 309 Å². The number of fused-ring (bicyclic) bond motifs is 11. The molecule has 2 aliphatic heterocycles. The molecule has 5 unspecified atom stereocenters. The van der Waals surface area contributed by atoms with Gasteiger partial charge >= 0.3 is 5.97 Å². The molecule has 2 aromatic rings. The summed E-state index contributed by atoms with van der Waals surface area (Å²) in [5, 5.41) is 21.4. The minimum Gasteiger partial charge on any atom is -0.478 e. The maximum Gasteiger partial charge on any atom is 0.331 e. The summed E-state index contributed by atoms with van der Waals surface area (Å²) in [5.74, 6) is 0.249. The Hall–Kier alpha value is -3.55. The number of aliphatic carboxylic acids is 1. The van der Waals surface area contributed by atoms with Crippen LogP contribution in [-0.4, -0.2) is 43.5 Å². The molecule has 0 spiro atoms. The molecule has 7 heteroatoms. The minimum absolute atomic E-state index is 0.0293. The zero-order chi connectivity index (χ0) is 38.6. The molecule has 0 saturated heterocycles. The SMILES string of the molecule is C=C(C)C1C(=O)c2c3c(cc4c5c(n1c24)[C@@]1(C)C(CCC2[C@@H](C)C(=O)CC[C@@]21C)C5)C1=CC(C)(C)OC(C)(C)C1C3O.C=C/C=C(\C)C(=O)O.CC. The maximum atomic E-state index is 14.6. The molecule has 6 aliphatic rings. The number of aliphatic hydroxyl groups is 1. The first-order chi connectivity index (χ1) is 24.2. The number of carboxylic acid groups (broad SMARTS) is 1. The van der Waals surface area contributed by atoms with Gasteiger partial charge in [-0.05, 0) is 113 Å². The van der Waals surface area contributed by atoms with Crippen molar-refractivity contribution in [3.8, 4) is 0 Å². The van der Waals surface area contributed by atoms with Gasteiger partial charge in [0.15, 0.2) is 5.78 Å². The number of carbonyl (C=O) groups is 3. The van der Waals surface area contributed by atoms with Crippen LogP contribution in [0.3, 0.4) is 0 Å². The number of aromatic nitrogens is 1. The fourth-order valence-corrected chi connectivity index (χ4v) is 11.8. The lowest BCUT2D eigenvalue weighted by Gasteiger charge is -2.60. The molecule has 3 heterocycles. The Morgan fingerprint density at radius 2 is 1.73 bits per heavy atom. The number of hydrogen-bond acceptors (Lipinski definition) is 5. The number of benzene rings is 1. The van der Waals surface area contributed by atoms with E-state index < -0.39 is 29.3 Å². The molecule has 2 fully saturated rings. The number of rotatable bonds is 3. The monoisotopic (exact) mass is 709 g/mol. The van der Waals surface area contributed by atoms with Crippen LogP contribution in [0.2, 0.25) is 0 Å². The van der Waals surface area contributed by atoms with Gasteiger partial charge in [0.2, 0.25) is 0 Å². The number of aliphatic hydroxyl groups excluding tert-OH is 1. The topological polar surface area (TPSA) is 106 Å². The van der Waals surface area contributed by atoms with Crippen LogP contribution >= 0.6 is 0 Å². The molecule has 2 N–H and O–H groups in total. The molecule has 1 aromatic heterocycles. The molecule has 0 radical (unpaired) electrons. The summed E-state index contributed by atoms with van der Waals surface area (Å²) in [6.07, 6.45) is 9.02. The molecular weight excluding hydrogens is 650 g/mol. The highest BCUT2D eigenvalue weighted by atomic mass is 16.5. The highest BCUT2D eigenvalue weighted by molar-refractivity contribution is 6.18. The molecule has 1 aromatic carbocycles. The van der Waals surface area contributed by atoms with E-state index in [0.29, 0.717) is 35.2 Å². The third kappa shape index (κ3) is 5.01. The van der Waals surface area contributed by atoms with E-state index in [1.54, 1.807) is 0 Å². The lowest BCUT2D eigenvalue weighted by atomic mass is 9.44. The first-order valence-corrected chi connectivity index (χ1v) is 19.3. The Bertz CT molecular complexity index is 1990. The van der Waals surface area contributed by atoms with E-state index in [2.05, 4.69) is 78.3 Å². The van der Waals surface area contributed by atoms with Gasteiger partial charge in [-0.2, -0.15) is 0 Å². The largest absolute Gasteiger partial charge is 0.478 e. The molecule has 2 saturated carbocycles. The van der Waals surface area contributed by atoms with Crippen LogP contribution < -0.4 is 0 Å². The normalized spacial score (nSPS) is 34.4. The standard InChI is InChI=1S/C37H45NO4.C6H8O2.C2H6/c1-17(2)29-32(41)27-26-20(23-16-34(4,5)42-35(6,7)28(23)31(26)40)15-21-22-14-19-10-11-24-18(3)25(39)12-13-36(24,8)37(19,9)33(22)38(29)30(21)27;1-3-4-5(2)6(7)8;1-2/h15-16,18-19,24,28-29,31,40H,1,10-14H2,2-9H3;3-4H,1H2,2H3,(H,7,8);1-2H3/b;5-4+;/t18-,19?,24?,28?,29?,31?,36+,37-;;/m1../s1. The van der Waals surface area contributed by atoms with Crippen molar-refractivity contribution in [1.29, 1.82) is 0 Å². The van der Waals surface area contributed by atoms with Crippen molar-refractivity contribution in [2.24, 2.45) is 29.1 Å². The van der Waals surface area contributed by atoms with Gasteiger partial charge in [0, 0.05) is 45.9 Å². The van der Waals surface area contributed by atoms with Gasteiger partial charge in [0.25, 0.3) is 0 Å². The Morgan fingerprint density at radius 3 is 2.31 bits per heavy atom. The van der Waals surface area contributed by atoms with Crippen LogP contribution in [-0.2, 0) is 26.2 Å². The Kier molecular flexibility index (Phi) is 9.19. The van der Waals surface area contributed by atoms with Crippen LogP contribution in [0.5, 0.6) is 0 Å². The van der Waals surface area contributed by atoms with Crippen molar-refractivity contribution in [3.05, 3.63) is 76.5 Å². The number of ether oxygens (including phenoxy) is 1. The molecular formula is C45H59NO6. The molecule has 4 aliphatic carbocycles. The maximum absolute atomic E-state index is 14.6. The smallest absolute Gasteiger partial charge is 0.331 e. The van der Waals surface area contributed by atoms with E-state index in [1.807, 2.05) is 20.8 Å². The van der Waals surface area contributed by atoms with Crippen molar-refractivity contribution >= 4 is 34.0 Å². The number of Topliss-reactive ketones (excluding diaryl/α,β-unsaturated/α-hetero) is 2. The van der Waals surface area contributed by atoms with Gasteiger partial charge in [-0.15, -0.1) is 0 Å². The quantitative estimate of drug-likeness (QED) is 0.187. The molecule has 8 rings (SSSR count). The summed E-state index contributed by atoms with van der Waals surface area (Å²) in [6.45, 7) is 30.6. The van der Waals surface area contributed by atoms with E-state index in [0.717, 1.165) is 53.5 Å². The third-order valence-electron chi connectivity index (χ3n) is 14.0. The van der Waals surface area contributed by atoms with Crippen LogP contribution in [0.25, 0.3) is 16.5 Å². The lowest BCUT2D eigenvalue weighted by molar-refractivity contribution is -0.143. The lowest BCUT2D eigenvalue weighted by Crippen LogP contribution is -2.58. The number of carboxylic acids is 1. The highest BCUT2D eigenvalue weighted by Crippen LogP contribution is 2.69. The van der Waals surface area contributed by atoms with Crippen LogP contribution in [0.4, 0.5) is 0 Å². The second-order valence-corrected chi connectivity index (χ2v) is 17.6. The van der Waals surface area contributed by atoms with Crippen LogP contribution in [0, 0.1) is 29.1 Å². The number of allylic oxidation sites excluding steroid dienone is 3. The second kappa shape index (κ2) is 12.5. The van der Waals surface area contributed by atoms with Gasteiger partial charge in [-0.25, -0.2) is 4.79 Å². The van der Waals surface area contributed by atoms with Crippen molar-refractivity contribution in [3.63, 3.8) is 0 Å². The van der Waals surface area contributed by atoms with Gasteiger partial charge in [0.05, 0.1) is 28.4 Å². The average molecular weight is 710 g/mol. The number of ketones is 2. The van der Waals surface area contributed by atoms with Crippen LogP contribution in [0.15, 0.2) is 48.6 Å². The summed E-state index contributed by atoms with van der Waals surface area (Å²) in [6, 6.07) is 1.85. The van der Waals surface area contributed by atoms with Gasteiger partial charge in [-0.1, -0.05) is 65.5 Å². The van der Waals surface area contributed by atoms with Gasteiger partial charge < -0.3 is 19.5 Å². The fourth-order valence-electron chi connectivity index (χ4n) is 11.8. The highest BCUT2D eigenvalue weighted by Gasteiger charge is 2.65. The van der Waals surface area contributed by atoms with Gasteiger partial charge in [-0.3, -0.25) is 9.59 Å². The van der Waals surface area contributed by atoms with Crippen LogP contribution in [0.1, 0.15) is 147 Å². The number of hydrogen-bond donors (Lipinski definition) is 2.